The van der Waals surface area contributed by atoms with Crippen LogP contribution in [0.5, 0.6) is 0 Å². The minimum absolute atomic E-state index is 0.252. The second-order valence-electron chi connectivity index (χ2n) is 5.54. The SMILES string of the molecule is CN1c2cccc(F)c2CCN1C(=O)c1cc2ncc(Cl)cn2n1. The lowest BCUT2D eigenvalue weighted by Crippen LogP contribution is -2.48. The number of hydrogen-bond acceptors (Lipinski definition) is 4. The molecule has 122 valence electrons. The Morgan fingerprint density at radius 3 is 3.04 bits per heavy atom. The van der Waals surface area contributed by atoms with Gasteiger partial charge in [-0.1, -0.05) is 17.7 Å². The Kier molecular flexibility index (Phi) is 3.38. The first kappa shape index (κ1) is 14.9. The van der Waals surface area contributed by atoms with Gasteiger partial charge in [-0.25, -0.2) is 18.9 Å². The van der Waals surface area contributed by atoms with E-state index in [-0.39, 0.29) is 17.4 Å². The molecule has 1 amide bonds. The van der Waals surface area contributed by atoms with Crippen LogP contribution in [0.2, 0.25) is 5.02 Å². The largest absolute Gasteiger partial charge is 0.292 e. The van der Waals surface area contributed by atoms with Crippen LogP contribution in [-0.2, 0) is 6.42 Å². The molecule has 0 radical (unpaired) electrons. The highest BCUT2D eigenvalue weighted by atomic mass is 35.5. The Balaban J connectivity index is 1.69. The number of hydrazine groups is 1. The summed E-state index contributed by atoms with van der Waals surface area (Å²) in [5.74, 6) is -0.521. The van der Waals surface area contributed by atoms with E-state index in [2.05, 4.69) is 10.1 Å². The number of hydrogen-bond donors (Lipinski definition) is 0. The van der Waals surface area contributed by atoms with Crippen molar-refractivity contribution < 1.29 is 9.18 Å². The maximum atomic E-state index is 13.9. The second-order valence-corrected chi connectivity index (χ2v) is 5.98. The number of aromatic nitrogens is 3. The number of fused-ring (bicyclic) bond motifs is 2. The van der Waals surface area contributed by atoms with Crippen molar-refractivity contribution in [2.45, 2.75) is 6.42 Å². The van der Waals surface area contributed by atoms with E-state index < -0.39 is 0 Å². The monoisotopic (exact) mass is 345 g/mol. The molecule has 1 aliphatic rings. The summed E-state index contributed by atoms with van der Waals surface area (Å²) in [4.78, 5) is 16.9. The van der Waals surface area contributed by atoms with Crippen molar-refractivity contribution in [3.63, 3.8) is 0 Å². The van der Waals surface area contributed by atoms with Gasteiger partial charge < -0.3 is 0 Å². The van der Waals surface area contributed by atoms with E-state index in [4.69, 9.17) is 11.6 Å². The molecule has 2 aromatic heterocycles. The number of rotatable bonds is 1. The van der Waals surface area contributed by atoms with Crippen molar-refractivity contribution in [3.8, 4) is 0 Å². The summed E-state index contributed by atoms with van der Waals surface area (Å²) in [6.45, 7) is 0.380. The zero-order valence-electron chi connectivity index (χ0n) is 12.8. The smallest absolute Gasteiger partial charge is 0.285 e. The van der Waals surface area contributed by atoms with Crippen LogP contribution in [0.25, 0.3) is 5.65 Å². The molecule has 0 spiro atoms. The molecule has 24 heavy (non-hydrogen) atoms. The summed E-state index contributed by atoms with van der Waals surface area (Å²) >= 11 is 5.89. The summed E-state index contributed by atoms with van der Waals surface area (Å²) in [6, 6.07) is 6.47. The number of amides is 1. The average Bonchev–Trinajstić information content (AvgIpc) is 2.98. The molecular formula is C16H13ClFN5O. The molecule has 0 fully saturated rings. The zero-order valence-corrected chi connectivity index (χ0v) is 13.5. The predicted octanol–water partition coefficient (Wildman–Crippen LogP) is 2.57. The van der Waals surface area contributed by atoms with Crippen molar-refractivity contribution in [1.29, 1.82) is 0 Å². The predicted molar refractivity (Wildman–Crippen MR) is 87.5 cm³/mol. The van der Waals surface area contributed by atoms with Crippen molar-refractivity contribution in [1.82, 2.24) is 19.6 Å². The molecule has 4 rings (SSSR count). The molecule has 0 atom stereocenters. The van der Waals surface area contributed by atoms with Gasteiger partial charge in [-0.2, -0.15) is 5.10 Å². The first-order valence-electron chi connectivity index (χ1n) is 7.38. The normalized spacial score (nSPS) is 14.1. The molecule has 0 aliphatic carbocycles. The van der Waals surface area contributed by atoms with E-state index in [9.17, 15) is 9.18 Å². The van der Waals surface area contributed by atoms with E-state index in [0.29, 0.717) is 34.9 Å². The molecular weight excluding hydrogens is 333 g/mol. The molecule has 6 nitrogen and oxygen atoms in total. The van der Waals surface area contributed by atoms with E-state index in [0.717, 1.165) is 0 Å². The Bertz CT molecular complexity index is 957. The zero-order chi connectivity index (χ0) is 16.8. The molecule has 3 heterocycles. The number of nitrogens with zero attached hydrogens (tertiary/aromatic N) is 5. The lowest BCUT2D eigenvalue weighted by molar-refractivity contribution is 0.0731. The number of anilines is 1. The van der Waals surface area contributed by atoms with Gasteiger partial charge in [0.2, 0.25) is 0 Å². The minimum atomic E-state index is -0.269. The van der Waals surface area contributed by atoms with Crippen molar-refractivity contribution in [2.24, 2.45) is 0 Å². The van der Waals surface area contributed by atoms with Crippen LogP contribution in [0.4, 0.5) is 10.1 Å². The fraction of sp³-hybridized carbons (Fsp3) is 0.188. The van der Waals surface area contributed by atoms with Crippen LogP contribution >= 0.6 is 11.6 Å². The summed E-state index contributed by atoms with van der Waals surface area (Å²) in [5, 5.41) is 7.88. The van der Waals surface area contributed by atoms with Gasteiger partial charge in [-0.3, -0.25) is 9.80 Å². The molecule has 0 N–H and O–H groups in total. The fourth-order valence-electron chi connectivity index (χ4n) is 2.92. The maximum absolute atomic E-state index is 13.9. The summed E-state index contributed by atoms with van der Waals surface area (Å²) in [7, 11) is 1.74. The Labute approximate surface area is 142 Å². The number of carbonyl (C=O) groups excluding carboxylic acids is 1. The molecule has 0 saturated carbocycles. The van der Waals surface area contributed by atoms with E-state index in [1.54, 1.807) is 41.5 Å². The second kappa shape index (κ2) is 5.45. The van der Waals surface area contributed by atoms with Crippen molar-refractivity contribution in [2.75, 3.05) is 18.6 Å². The van der Waals surface area contributed by atoms with E-state index in [1.807, 2.05) is 0 Å². The molecule has 0 unspecified atom stereocenters. The number of benzene rings is 1. The van der Waals surface area contributed by atoms with Gasteiger partial charge in [0.05, 0.1) is 16.9 Å². The van der Waals surface area contributed by atoms with Crippen LogP contribution < -0.4 is 5.01 Å². The molecule has 1 aromatic carbocycles. The molecule has 3 aromatic rings. The summed E-state index contributed by atoms with van der Waals surface area (Å²) < 4.78 is 15.4. The Hall–Kier alpha value is -2.67. The molecule has 1 aliphatic heterocycles. The average molecular weight is 346 g/mol. The first-order valence-corrected chi connectivity index (χ1v) is 7.76. The van der Waals surface area contributed by atoms with Crippen LogP contribution in [0.3, 0.4) is 0 Å². The van der Waals surface area contributed by atoms with Gasteiger partial charge in [-0.05, 0) is 18.6 Å². The lowest BCUT2D eigenvalue weighted by atomic mass is 10.1. The lowest BCUT2D eigenvalue weighted by Gasteiger charge is -2.38. The summed E-state index contributed by atoms with van der Waals surface area (Å²) in [6.07, 6.45) is 3.54. The molecule has 0 saturated heterocycles. The van der Waals surface area contributed by atoms with Gasteiger partial charge >= 0.3 is 0 Å². The number of halogens is 2. The first-order chi connectivity index (χ1) is 11.5. The van der Waals surface area contributed by atoms with Gasteiger partial charge in [0, 0.05) is 31.4 Å². The molecule has 8 heteroatoms. The quantitative estimate of drug-likeness (QED) is 0.680. The third-order valence-electron chi connectivity index (χ3n) is 4.11. The third kappa shape index (κ3) is 2.28. The summed E-state index contributed by atoms with van der Waals surface area (Å²) in [5.41, 5.74) is 2.09. The van der Waals surface area contributed by atoms with Gasteiger partial charge in [0.1, 0.15) is 5.82 Å². The fourth-order valence-corrected chi connectivity index (χ4v) is 3.07. The van der Waals surface area contributed by atoms with Crippen molar-refractivity contribution >= 4 is 28.8 Å². The van der Waals surface area contributed by atoms with Gasteiger partial charge in [0.15, 0.2) is 11.3 Å². The third-order valence-corrected chi connectivity index (χ3v) is 4.31. The van der Waals surface area contributed by atoms with E-state index >= 15 is 0 Å². The van der Waals surface area contributed by atoms with Crippen LogP contribution in [0.15, 0.2) is 36.7 Å². The highest BCUT2D eigenvalue weighted by Crippen LogP contribution is 2.29. The highest BCUT2D eigenvalue weighted by Gasteiger charge is 2.29. The van der Waals surface area contributed by atoms with Crippen LogP contribution in [0.1, 0.15) is 16.1 Å². The van der Waals surface area contributed by atoms with Gasteiger partial charge in [-0.15, -0.1) is 0 Å². The Morgan fingerprint density at radius 1 is 1.38 bits per heavy atom. The number of carbonyl (C=O) groups is 1. The highest BCUT2D eigenvalue weighted by molar-refractivity contribution is 6.30. The topological polar surface area (TPSA) is 53.7 Å². The standard InChI is InChI=1S/C16H13ClFN5O/c1-21-14-4-2-3-12(18)11(14)5-6-23(21)16(24)13-7-15-19-8-10(17)9-22(15)20-13/h2-4,7-9H,5-6H2,1H3. The van der Waals surface area contributed by atoms with Crippen molar-refractivity contribution in [3.05, 3.63) is 58.8 Å². The van der Waals surface area contributed by atoms with Gasteiger partial charge in [0.25, 0.3) is 5.91 Å². The van der Waals surface area contributed by atoms with E-state index in [1.165, 1.54) is 16.8 Å². The van der Waals surface area contributed by atoms with Crippen LogP contribution in [0, 0.1) is 5.82 Å². The molecule has 0 bridgehead atoms. The Morgan fingerprint density at radius 2 is 2.21 bits per heavy atom. The van der Waals surface area contributed by atoms with Crippen LogP contribution in [-0.4, -0.2) is 39.1 Å². The minimum Gasteiger partial charge on any atom is -0.285 e. The maximum Gasteiger partial charge on any atom is 0.292 e.